The number of guanidine groups is 1. The van der Waals surface area contributed by atoms with Gasteiger partial charge in [0, 0.05) is 12.7 Å². The van der Waals surface area contributed by atoms with Gasteiger partial charge in [-0.3, -0.25) is 0 Å². The van der Waals surface area contributed by atoms with Crippen molar-refractivity contribution in [3.8, 4) is 0 Å². The highest BCUT2D eigenvalue weighted by Crippen LogP contribution is 2.21. The third-order valence-corrected chi connectivity index (χ3v) is 3.20. The molecular weight excluding hydrogens is 217 g/mol. The number of aliphatic imine (C=N–C) groups is 1. The molecule has 3 nitrogen and oxygen atoms in total. The Morgan fingerprint density at radius 1 is 1.29 bits per heavy atom. The first-order valence-corrected chi connectivity index (χ1v) is 5.99. The molecule has 0 atom stereocenters. The molecule has 0 unspecified atom stereocenters. The zero-order valence-corrected chi connectivity index (χ0v) is 10.1. The minimum absolute atomic E-state index is 0.242. The molecule has 1 aliphatic rings. The van der Waals surface area contributed by atoms with Crippen molar-refractivity contribution in [1.82, 2.24) is 0 Å². The van der Waals surface area contributed by atoms with Gasteiger partial charge in [0.15, 0.2) is 5.96 Å². The van der Waals surface area contributed by atoms with E-state index in [1.165, 1.54) is 25.0 Å². The number of rotatable bonds is 2. The molecule has 2 N–H and O–H groups in total. The number of hydrogen-bond donors (Lipinski definition) is 1. The molecule has 1 fully saturated rings. The van der Waals surface area contributed by atoms with Gasteiger partial charge in [-0.25, -0.2) is 9.38 Å². The summed E-state index contributed by atoms with van der Waals surface area (Å²) < 4.78 is 12.8. The lowest BCUT2D eigenvalue weighted by Crippen LogP contribution is -2.35. The van der Waals surface area contributed by atoms with Crippen molar-refractivity contribution in [2.75, 3.05) is 11.9 Å². The van der Waals surface area contributed by atoms with E-state index in [0.29, 0.717) is 12.0 Å². The molecular formula is C13H18FN3. The largest absolute Gasteiger partial charge is 0.370 e. The van der Waals surface area contributed by atoms with Crippen LogP contribution >= 0.6 is 0 Å². The molecule has 0 aliphatic heterocycles. The van der Waals surface area contributed by atoms with E-state index in [4.69, 9.17) is 5.73 Å². The summed E-state index contributed by atoms with van der Waals surface area (Å²) in [4.78, 5) is 6.29. The van der Waals surface area contributed by atoms with Gasteiger partial charge in [0.1, 0.15) is 5.82 Å². The van der Waals surface area contributed by atoms with Crippen LogP contribution in [0.1, 0.15) is 25.7 Å². The molecule has 0 spiro atoms. The molecule has 0 heterocycles. The third-order valence-electron chi connectivity index (χ3n) is 3.20. The van der Waals surface area contributed by atoms with Crippen LogP contribution in [-0.4, -0.2) is 19.0 Å². The summed E-state index contributed by atoms with van der Waals surface area (Å²) in [6.45, 7) is 0. The second-order valence-electron chi connectivity index (χ2n) is 4.46. The molecule has 4 heteroatoms. The van der Waals surface area contributed by atoms with Crippen molar-refractivity contribution in [2.45, 2.75) is 31.7 Å². The molecule has 2 rings (SSSR count). The molecule has 1 aromatic carbocycles. The zero-order valence-electron chi connectivity index (χ0n) is 10.1. The minimum atomic E-state index is -0.242. The first kappa shape index (κ1) is 11.9. The van der Waals surface area contributed by atoms with Crippen LogP contribution < -0.4 is 10.6 Å². The molecule has 1 aromatic rings. The Kier molecular flexibility index (Phi) is 3.61. The van der Waals surface area contributed by atoms with E-state index in [0.717, 1.165) is 18.5 Å². The zero-order chi connectivity index (χ0) is 12.3. The van der Waals surface area contributed by atoms with Crippen LogP contribution in [0.15, 0.2) is 29.3 Å². The van der Waals surface area contributed by atoms with Crippen LogP contribution in [0.4, 0.5) is 10.1 Å². The van der Waals surface area contributed by atoms with Crippen molar-refractivity contribution in [3.05, 3.63) is 30.1 Å². The van der Waals surface area contributed by atoms with Gasteiger partial charge in [0.25, 0.3) is 0 Å². The summed E-state index contributed by atoms with van der Waals surface area (Å²) in [5.74, 6) is 0.261. The monoisotopic (exact) mass is 235 g/mol. The van der Waals surface area contributed by atoms with Crippen molar-refractivity contribution in [1.29, 1.82) is 0 Å². The van der Waals surface area contributed by atoms with Gasteiger partial charge in [-0.05, 0) is 37.1 Å². The van der Waals surface area contributed by atoms with Crippen LogP contribution in [0.5, 0.6) is 0 Å². The van der Waals surface area contributed by atoms with Crippen LogP contribution in [0, 0.1) is 5.82 Å². The van der Waals surface area contributed by atoms with Gasteiger partial charge >= 0.3 is 0 Å². The smallest absolute Gasteiger partial charge is 0.195 e. The lowest BCUT2D eigenvalue weighted by Gasteiger charge is -2.19. The van der Waals surface area contributed by atoms with Crippen molar-refractivity contribution in [2.24, 2.45) is 10.7 Å². The molecule has 0 saturated heterocycles. The van der Waals surface area contributed by atoms with Crippen molar-refractivity contribution < 1.29 is 4.39 Å². The number of anilines is 1. The van der Waals surface area contributed by atoms with Gasteiger partial charge < -0.3 is 10.6 Å². The van der Waals surface area contributed by atoms with E-state index in [9.17, 15) is 4.39 Å². The molecule has 1 aliphatic carbocycles. The summed E-state index contributed by atoms with van der Waals surface area (Å²) in [6, 6.07) is 6.61. The third kappa shape index (κ3) is 2.96. The number of halogens is 1. The van der Waals surface area contributed by atoms with Gasteiger partial charge in [-0.2, -0.15) is 0 Å². The molecule has 0 bridgehead atoms. The Morgan fingerprint density at radius 3 is 2.47 bits per heavy atom. The summed E-state index contributed by atoms with van der Waals surface area (Å²) in [6.07, 6.45) is 4.72. The second-order valence-corrected chi connectivity index (χ2v) is 4.46. The van der Waals surface area contributed by atoms with E-state index in [-0.39, 0.29) is 5.82 Å². The van der Waals surface area contributed by atoms with Crippen LogP contribution in [0.3, 0.4) is 0 Å². The van der Waals surface area contributed by atoms with Crippen LogP contribution in [0.25, 0.3) is 0 Å². The SMILES string of the molecule is CN(C(N)=NC1CCCC1)c1ccc(F)cc1. The fraction of sp³-hybridized carbons (Fsp3) is 0.462. The maximum atomic E-state index is 12.8. The van der Waals surface area contributed by atoms with E-state index >= 15 is 0 Å². The number of benzene rings is 1. The summed E-state index contributed by atoms with van der Waals surface area (Å²) in [7, 11) is 1.85. The van der Waals surface area contributed by atoms with Gasteiger partial charge in [0.2, 0.25) is 0 Å². The van der Waals surface area contributed by atoms with Gasteiger partial charge in [-0.15, -0.1) is 0 Å². The van der Waals surface area contributed by atoms with E-state index < -0.39 is 0 Å². The quantitative estimate of drug-likeness (QED) is 0.632. The van der Waals surface area contributed by atoms with Crippen molar-refractivity contribution >= 4 is 11.6 Å². The Labute approximate surface area is 101 Å². The molecule has 0 aromatic heterocycles. The van der Waals surface area contributed by atoms with Gasteiger partial charge in [0.05, 0.1) is 6.04 Å². The highest BCUT2D eigenvalue weighted by molar-refractivity contribution is 5.94. The molecule has 0 radical (unpaired) electrons. The Morgan fingerprint density at radius 2 is 1.88 bits per heavy atom. The average Bonchev–Trinajstić information content (AvgIpc) is 2.82. The molecule has 1 saturated carbocycles. The lowest BCUT2D eigenvalue weighted by molar-refractivity contribution is 0.628. The normalized spacial score (nSPS) is 17.4. The van der Waals surface area contributed by atoms with Crippen molar-refractivity contribution in [3.63, 3.8) is 0 Å². The average molecular weight is 235 g/mol. The first-order chi connectivity index (χ1) is 8.16. The molecule has 92 valence electrons. The fourth-order valence-corrected chi connectivity index (χ4v) is 2.10. The van der Waals surface area contributed by atoms with Gasteiger partial charge in [-0.1, -0.05) is 12.8 Å². The van der Waals surface area contributed by atoms with Crippen LogP contribution in [0.2, 0.25) is 0 Å². The maximum Gasteiger partial charge on any atom is 0.195 e. The number of hydrogen-bond acceptors (Lipinski definition) is 1. The lowest BCUT2D eigenvalue weighted by atomic mass is 10.3. The highest BCUT2D eigenvalue weighted by atomic mass is 19.1. The number of nitrogens with zero attached hydrogens (tertiary/aromatic N) is 2. The molecule has 17 heavy (non-hydrogen) atoms. The first-order valence-electron chi connectivity index (χ1n) is 5.99. The highest BCUT2D eigenvalue weighted by Gasteiger charge is 2.15. The topological polar surface area (TPSA) is 41.6 Å². The maximum absolute atomic E-state index is 12.8. The van der Waals surface area contributed by atoms with Crippen LogP contribution in [-0.2, 0) is 0 Å². The van der Waals surface area contributed by atoms with E-state index in [1.54, 1.807) is 17.0 Å². The second kappa shape index (κ2) is 5.17. The minimum Gasteiger partial charge on any atom is -0.370 e. The Hall–Kier alpha value is -1.58. The van der Waals surface area contributed by atoms with E-state index in [2.05, 4.69) is 4.99 Å². The fourth-order valence-electron chi connectivity index (χ4n) is 2.10. The summed E-state index contributed by atoms with van der Waals surface area (Å²) >= 11 is 0. The molecule has 0 amide bonds. The number of nitrogens with two attached hydrogens (primary N) is 1. The standard InChI is InChI=1S/C13H18FN3/c1-17(12-8-6-10(14)7-9-12)13(15)16-11-4-2-3-5-11/h6-9,11H,2-5H2,1H3,(H2,15,16). The Balaban J connectivity index is 2.07. The summed E-state index contributed by atoms with van der Waals surface area (Å²) in [5, 5.41) is 0. The summed E-state index contributed by atoms with van der Waals surface area (Å²) in [5.41, 5.74) is 6.80. The predicted molar refractivity (Wildman–Crippen MR) is 68.7 cm³/mol. The van der Waals surface area contributed by atoms with E-state index in [1.807, 2.05) is 7.05 Å². The Bertz CT molecular complexity index is 394. The predicted octanol–water partition coefficient (Wildman–Crippen LogP) is 2.52.